The van der Waals surface area contributed by atoms with Crippen molar-refractivity contribution in [3.05, 3.63) is 35.4 Å². The van der Waals surface area contributed by atoms with Gasteiger partial charge in [0.2, 0.25) is 0 Å². The molecule has 1 N–H and O–H groups in total. The minimum Gasteiger partial charge on any atom is -0.494 e. The zero-order chi connectivity index (χ0) is 11.4. The first-order valence-electron chi connectivity index (χ1n) is 3.99. The molecule has 0 radical (unpaired) electrons. The van der Waals surface area contributed by atoms with Gasteiger partial charge in [0.25, 0.3) is 0 Å². The number of benzene rings is 1. The number of ether oxygens (including phenoxy) is 1. The molecule has 0 atom stereocenters. The Morgan fingerprint density at radius 1 is 1.47 bits per heavy atom. The van der Waals surface area contributed by atoms with Gasteiger partial charge in [-0.05, 0) is 18.2 Å². The SMILES string of the molecule is COc1ccc(F)c(C=CC(=O)O)c1F. The Kier molecular flexibility index (Phi) is 3.38. The highest BCUT2D eigenvalue weighted by atomic mass is 19.1. The molecule has 80 valence electrons. The molecular formula is C10H8F2O3. The van der Waals surface area contributed by atoms with Gasteiger partial charge in [0.15, 0.2) is 11.6 Å². The minimum atomic E-state index is -1.28. The fourth-order valence-corrected chi connectivity index (χ4v) is 1.01. The van der Waals surface area contributed by atoms with Crippen molar-refractivity contribution in [3.8, 4) is 5.75 Å². The molecule has 5 heteroatoms. The molecular weight excluding hydrogens is 206 g/mol. The van der Waals surface area contributed by atoms with Crippen LogP contribution in [0.1, 0.15) is 5.56 Å². The molecule has 0 aliphatic heterocycles. The maximum Gasteiger partial charge on any atom is 0.328 e. The molecule has 0 aliphatic rings. The van der Waals surface area contributed by atoms with Gasteiger partial charge in [0, 0.05) is 6.08 Å². The number of carboxylic acid groups (broad SMARTS) is 1. The third-order valence-electron chi connectivity index (χ3n) is 1.70. The van der Waals surface area contributed by atoms with Crippen molar-refractivity contribution < 1.29 is 23.4 Å². The zero-order valence-electron chi connectivity index (χ0n) is 7.83. The Morgan fingerprint density at radius 2 is 2.13 bits per heavy atom. The summed E-state index contributed by atoms with van der Waals surface area (Å²) in [6.07, 6.45) is 1.50. The maximum atomic E-state index is 13.4. The average molecular weight is 214 g/mol. The predicted molar refractivity (Wildman–Crippen MR) is 49.6 cm³/mol. The van der Waals surface area contributed by atoms with Crippen molar-refractivity contribution in [2.24, 2.45) is 0 Å². The highest BCUT2D eigenvalue weighted by Gasteiger charge is 2.11. The second-order valence-corrected chi connectivity index (χ2v) is 2.65. The van der Waals surface area contributed by atoms with Crippen LogP contribution in [0.5, 0.6) is 5.75 Å². The number of rotatable bonds is 3. The molecule has 1 aromatic rings. The van der Waals surface area contributed by atoms with Crippen LogP contribution in [-0.2, 0) is 4.79 Å². The fraction of sp³-hybridized carbons (Fsp3) is 0.100. The van der Waals surface area contributed by atoms with Crippen molar-refractivity contribution in [2.75, 3.05) is 7.11 Å². The van der Waals surface area contributed by atoms with E-state index in [1.165, 1.54) is 7.11 Å². The molecule has 0 heterocycles. The van der Waals surface area contributed by atoms with Gasteiger partial charge in [-0.25, -0.2) is 13.6 Å². The molecule has 1 rings (SSSR count). The van der Waals surface area contributed by atoms with Crippen molar-refractivity contribution in [3.63, 3.8) is 0 Å². The summed E-state index contributed by atoms with van der Waals surface area (Å²) in [7, 11) is 1.24. The van der Waals surface area contributed by atoms with Crippen molar-refractivity contribution in [2.45, 2.75) is 0 Å². The van der Waals surface area contributed by atoms with E-state index in [0.29, 0.717) is 6.08 Å². The largest absolute Gasteiger partial charge is 0.494 e. The molecule has 0 aliphatic carbocycles. The highest BCUT2D eigenvalue weighted by Crippen LogP contribution is 2.23. The number of hydrogen-bond donors (Lipinski definition) is 1. The van der Waals surface area contributed by atoms with Gasteiger partial charge in [-0.15, -0.1) is 0 Å². The van der Waals surface area contributed by atoms with Crippen LogP contribution in [0.4, 0.5) is 8.78 Å². The summed E-state index contributed by atoms with van der Waals surface area (Å²) in [5.41, 5.74) is -0.434. The molecule has 0 fully saturated rings. The van der Waals surface area contributed by atoms with E-state index in [2.05, 4.69) is 4.74 Å². The van der Waals surface area contributed by atoms with E-state index in [1.807, 2.05) is 0 Å². The summed E-state index contributed by atoms with van der Waals surface area (Å²) in [6, 6.07) is 2.13. The molecule has 0 amide bonds. The summed E-state index contributed by atoms with van der Waals surface area (Å²) < 4.78 is 31.1. The zero-order valence-corrected chi connectivity index (χ0v) is 7.83. The predicted octanol–water partition coefficient (Wildman–Crippen LogP) is 2.07. The van der Waals surface area contributed by atoms with Crippen molar-refractivity contribution in [1.82, 2.24) is 0 Å². The second-order valence-electron chi connectivity index (χ2n) is 2.65. The highest BCUT2D eigenvalue weighted by molar-refractivity contribution is 5.85. The number of methoxy groups -OCH3 is 1. The summed E-state index contributed by atoms with van der Waals surface area (Å²) in [4.78, 5) is 10.2. The van der Waals surface area contributed by atoms with Crippen LogP contribution in [0.3, 0.4) is 0 Å². The normalized spacial score (nSPS) is 10.6. The molecule has 0 unspecified atom stereocenters. The van der Waals surface area contributed by atoms with Gasteiger partial charge in [0.05, 0.1) is 12.7 Å². The number of aliphatic carboxylic acids is 1. The lowest BCUT2D eigenvalue weighted by Crippen LogP contribution is -1.95. The monoisotopic (exact) mass is 214 g/mol. The van der Waals surface area contributed by atoms with Crippen LogP contribution in [-0.4, -0.2) is 18.2 Å². The van der Waals surface area contributed by atoms with Crippen LogP contribution >= 0.6 is 0 Å². The number of carboxylic acids is 1. The van der Waals surface area contributed by atoms with E-state index >= 15 is 0 Å². The van der Waals surface area contributed by atoms with E-state index in [0.717, 1.165) is 18.2 Å². The Morgan fingerprint density at radius 3 is 2.67 bits per heavy atom. The first-order chi connectivity index (χ1) is 7.06. The van der Waals surface area contributed by atoms with E-state index in [9.17, 15) is 13.6 Å². The lowest BCUT2D eigenvalue weighted by atomic mass is 10.1. The Labute approximate surface area is 84.6 Å². The molecule has 0 aromatic heterocycles. The minimum absolute atomic E-state index is 0.138. The van der Waals surface area contributed by atoms with Gasteiger partial charge < -0.3 is 9.84 Å². The van der Waals surface area contributed by atoms with Crippen LogP contribution in [0.2, 0.25) is 0 Å². The van der Waals surface area contributed by atoms with Crippen LogP contribution in [0, 0.1) is 11.6 Å². The van der Waals surface area contributed by atoms with Crippen LogP contribution in [0.15, 0.2) is 18.2 Å². The lowest BCUT2D eigenvalue weighted by molar-refractivity contribution is -0.131. The van der Waals surface area contributed by atoms with Crippen molar-refractivity contribution >= 4 is 12.0 Å². The standard InChI is InChI=1S/C10H8F2O3/c1-15-8-4-3-7(11)6(10(8)12)2-5-9(13)14/h2-5H,1H3,(H,13,14). The van der Waals surface area contributed by atoms with Gasteiger partial charge in [-0.2, -0.15) is 0 Å². The van der Waals surface area contributed by atoms with Crippen molar-refractivity contribution in [1.29, 1.82) is 0 Å². The van der Waals surface area contributed by atoms with E-state index in [1.54, 1.807) is 0 Å². The number of hydrogen-bond acceptors (Lipinski definition) is 2. The molecule has 15 heavy (non-hydrogen) atoms. The third kappa shape index (κ3) is 2.52. The van der Waals surface area contributed by atoms with E-state index < -0.39 is 23.2 Å². The molecule has 0 bridgehead atoms. The quantitative estimate of drug-likeness (QED) is 0.783. The maximum absolute atomic E-state index is 13.4. The van der Waals surface area contributed by atoms with Crippen LogP contribution in [0.25, 0.3) is 6.08 Å². The van der Waals surface area contributed by atoms with E-state index in [4.69, 9.17) is 5.11 Å². The number of carbonyl (C=O) groups is 1. The Bertz CT molecular complexity index is 413. The number of halogens is 2. The lowest BCUT2D eigenvalue weighted by Gasteiger charge is -2.04. The Balaban J connectivity index is 3.21. The first kappa shape index (κ1) is 11.2. The smallest absolute Gasteiger partial charge is 0.328 e. The summed E-state index contributed by atoms with van der Waals surface area (Å²) in [5, 5.41) is 8.32. The topological polar surface area (TPSA) is 46.5 Å². The summed E-state index contributed by atoms with van der Waals surface area (Å²) in [6.45, 7) is 0. The molecule has 0 saturated heterocycles. The van der Waals surface area contributed by atoms with Gasteiger partial charge >= 0.3 is 5.97 Å². The Hall–Kier alpha value is -1.91. The fourth-order valence-electron chi connectivity index (χ4n) is 1.01. The molecule has 0 saturated carbocycles. The third-order valence-corrected chi connectivity index (χ3v) is 1.70. The van der Waals surface area contributed by atoms with Gasteiger partial charge in [-0.1, -0.05) is 0 Å². The van der Waals surface area contributed by atoms with Crippen LogP contribution < -0.4 is 4.74 Å². The summed E-state index contributed by atoms with van der Waals surface area (Å²) in [5.74, 6) is -3.18. The average Bonchev–Trinajstić information content (AvgIpc) is 2.17. The first-order valence-corrected chi connectivity index (χ1v) is 3.99. The van der Waals surface area contributed by atoms with Gasteiger partial charge in [0.1, 0.15) is 5.82 Å². The van der Waals surface area contributed by atoms with Gasteiger partial charge in [-0.3, -0.25) is 0 Å². The molecule has 0 spiro atoms. The molecule has 1 aromatic carbocycles. The second kappa shape index (κ2) is 4.54. The van der Waals surface area contributed by atoms with E-state index in [-0.39, 0.29) is 5.75 Å². The summed E-state index contributed by atoms with van der Waals surface area (Å²) >= 11 is 0. The molecule has 3 nitrogen and oxygen atoms in total.